The predicted octanol–water partition coefficient (Wildman–Crippen LogP) is 2.40. The first kappa shape index (κ1) is 16.6. The number of hydrogen-bond donors (Lipinski definition) is 1. The normalized spacial score (nSPS) is 12.1. The van der Waals surface area contributed by atoms with Crippen LogP contribution in [0.4, 0.5) is 0 Å². The number of nitrogens with one attached hydrogen (secondary N) is 1. The number of hydrogen-bond acceptors (Lipinski definition) is 5. The number of benzene rings is 1. The van der Waals surface area contributed by atoms with E-state index < -0.39 is 0 Å². The zero-order chi connectivity index (χ0) is 15.0. The van der Waals surface area contributed by atoms with Gasteiger partial charge in [-0.15, -0.1) is 0 Å². The molecule has 0 heterocycles. The van der Waals surface area contributed by atoms with Gasteiger partial charge in [0.25, 0.3) is 0 Å². The topological polar surface area (TPSA) is 49.0 Å². The van der Waals surface area contributed by atoms with E-state index in [1.165, 1.54) is 0 Å². The van der Waals surface area contributed by atoms with Crippen LogP contribution in [0.3, 0.4) is 0 Å². The van der Waals surface area contributed by atoms with Gasteiger partial charge < -0.3 is 24.3 Å². The smallest absolute Gasteiger partial charge is 0.203 e. The molecule has 0 bridgehead atoms. The molecule has 0 aliphatic heterocycles. The van der Waals surface area contributed by atoms with Crippen LogP contribution in [0.5, 0.6) is 17.2 Å². The van der Waals surface area contributed by atoms with E-state index in [-0.39, 0.29) is 6.04 Å². The van der Waals surface area contributed by atoms with E-state index >= 15 is 0 Å². The van der Waals surface area contributed by atoms with E-state index in [4.69, 9.17) is 18.9 Å². The molecule has 0 spiro atoms. The molecular formula is C15H25NO4. The van der Waals surface area contributed by atoms with Gasteiger partial charge in [0, 0.05) is 7.11 Å². The van der Waals surface area contributed by atoms with Gasteiger partial charge in [-0.25, -0.2) is 0 Å². The van der Waals surface area contributed by atoms with Crippen LogP contribution in [-0.2, 0) is 4.74 Å². The molecular weight excluding hydrogens is 258 g/mol. The highest BCUT2D eigenvalue weighted by atomic mass is 16.5. The second-order valence-electron chi connectivity index (χ2n) is 4.42. The van der Waals surface area contributed by atoms with Crippen LogP contribution >= 0.6 is 0 Å². The molecule has 1 aromatic rings. The Morgan fingerprint density at radius 1 is 1.00 bits per heavy atom. The number of ether oxygens (including phenoxy) is 4. The molecule has 0 radical (unpaired) electrons. The summed E-state index contributed by atoms with van der Waals surface area (Å²) in [6.07, 6.45) is 1.06. The third-order valence-corrected chi connectivity index (χ3v) is 3.06. The van der Waals surface area contributed by atoms with E-state index in [1.54, 1.807) is 28.4 Å². The summed E-state index contributed by atoms with van der Waals surface area (Å²) < 4.78 is 21.4. The lowest BCUT2D eigenvalue weighted by atomic mass is 10.1. The summed E-state index contributed by atoms with van der Waals surface area (Å²) in [5.74, 6) is 1.91. The number of rotatable bonds is 9. The molecule has 0 saturated heterocycles. The minimum atomic E-state index is 0.0913. The molecule has 5 heteroatoms. The summed E-state index contributed by atoms with van der Waals surface area (Å²) in [5.41, 5.74) is 1.05. The third-order valence-electron chi connectivity index (χ3n) is 3.06. The monoisotopic (exact) mass is 283 g/mol. The van der Waals surface area contributed by atoms with Crippen LogP contribution in [-0.4, -0.2) is 41.6 Å². The zero-order valence-electron chi connectivity index (χ0n) is 13.0. The van der Waals surface area contributed by atoms with Crippen LogP contribution in [0.1, 0.15) is 24.9 Å². The Morgan fingerprint density at radius 3 is 2.00 bits per heavy atom. The van der Waals surface area contributed by atoms with Crippen LogP contribution in [0.2, 0.25) is 0 Å². The molecule has 0 fully saturated rings. The second-order valence-corrected chi connectivity index (χ2v) is 4.42. The molecule has 0 aliphatic rings. The maximum atomic E-state index is 5.38. The molecule has 1 aromatic carbocycles. The minimum absolute atomic E-state index is 0.0913. The lowest BCUT2D eigenvalue weighted by molar-refractivity contribution is 0.166. The Morgan fingerprint density at radius 2 is 1.60 bits per heavy atom. The Bertz CT molecular complexity index is 384. The van der Waals surface area contributed by atoms with E-state index in [9.17, 15) is 0 Å². The highest BCUT2D eigenvalue weighted by molar-refractivity contribution is 5.54. The van der Waals surface area contributed by atoms with Gasteiger partial charge in [0.05, 0.1) is 34.0 Å². The Balaban J connectivity index is 3.13. The van der Waals surface area contributed by atoms with Crippen molar-refractivity contribution in [1.82, 2.24) is 5.32 Å². The van der Waals surface area contributed by atoms with Crippen LogP contribution in [0.15, 0.2) is 12.1 Å². The van der Waals surface area contributed by atoms with Gasteiger partial charge in [-0.2, -0.15) is 0 Å². The summed E-state index contributed by atoms with van der Waals surface area (Å²) in [6, 6.07) is 4.00. The first-order valence-corrected chi connectivity index (χ1v) is 6.74. The van der Waals surface area contributed by atoms with E-state index in [2.05, 4.69) is 12.2 Å². The molecule has 114 valence electrons. The molecule has 0 aliphatic carbocycles. The average Bonchev–Trinajstić information content (AvgIpc) is 2.49. The highest BCUT2D eigenvalue weighted by Gasteiger charge is 2.18. The summed E-state index contributed by atoms with van der Waals surface area (Å²) in [7, 11) is 6.53. The molecule has 1 N–H and O–H groups in total. The first-order chi connectivity index (χ1) is 9.71. The zero-order valence-corrected chi connectivity index (χ0v) is 13.0. The maximum absolute atomic E-state index is 5.38. The van der Waals surface area contributed by atoms with Crippen molar-refractivity contribution in [3.63, 3.8) is 0 Å². The van der Waals surface area contributed by atoms with Gasteiger partial charge in [-0.1, -0.05) is 6.92 Å². The van der Waals surface area contributed by atoms with Crippen LogP contribution < -0.4 is 19.5 Å². The van der Waals surface area contributed by atoms with E-state index in [0.717, 1.165) is 18.5 Å². The summed E-state index contributed by atoms with van der Waals surface area (Å²) in [4.78, 5) is 0. The Hall–Kier alpha value is -1.46. The number of methoxy groups -OCH3 is 4. The summed E-state index contributed by atoms with van der Waals surface area (Å²) >= 11 is 0. The summed E-state index contributed by atoms with van der Waals surface area (Å²) in [6.45, 7) is 3.63. The van der Waals surface area contributed by atoms with Gasteiger partial charge in [0.1, 0.15) is 0 Å². The average molecular weight is 283 g/mol. The first-order valence-electron chi connectivity index (χ1n) is 6.74. The van der Waals surface area contributed by atoms with Gasteiger partial charge in [-0.05, 0) is 30.7 Å². The maximum Gasteiger partial charge on any atom is 0.203 e. The Labute approximate surface area is 121 Å². The molecule has 5 nitrogen and oxygen atoms in total. The summed E-state index contributed by atoms with van der Waals surface area (Å²) in [5, 5.41) is 3.45. The van der Waals surface area contributed by atoms with Crippen molar-refractivity contribution >= 4 is 0 Å². The fourth-order valence-electron chi connectivity index (χ4n) is 2.06. The molecule has 0 aromatic heterocycles. The molecule has 0 saturated carbocycles. The van der Waals surface area contributed by atoms with Gasteiger partial charge in [-0.3, -0.25) is 0 Å². The third kappa shape index (κ3) is 4.02. The molecule has 1 unspecified atom stereocenters. The van der Waals surface area contributed by atoms with Crippen LogP contribution in [0.25, 0.3) is 0 Å². The van der Waals surface area contributed by atoms with Crippen molar-refractivity contribution in [2.75, 3.05) is 41.6 Å². The van der Waals surface area contributed by atoms with Gasteiger partial charge >= 0.3 is 0 Å². The van der Waals surface area contributed by atoms with Crippen molar-refractivity contribution in [2.45, 2.75) is 19.4 Å². The molecule has 1 rings (SSSR count). The van der Waals surface area contributed by atoms with Crippen molar-refractivity contribution in [2.24, 2.45) is 0 Å². The van der Waals surface area contributed by atoms with Crippen molar-refractivity contribution in [3.8, 4) is 17.2 Å². The van der Waals surface area contributed by atoms with Crippen molar-refractivity contribution in [1.29, 1.82) is 0 Å². The highest BCUT2D eigenvalue weighted by Crippen LogP contribution is 2.39. The molecule has 0 amide bonds. The SMILES string of the molecule is CCCNC(COC)c1cc(OC)c(OC)c(OC)c1. The fraction of sp³-hybridized carbons (Fsp3) is 0.600. The Kier molecular flexibility index (Phi) is 7.18. The van der Waals surface area contributed by atoms with Crippen molar-refractivity contribution < 1.29 is 18.9 Å². The lowest BCUT2D eigenvalue weighted by Gasteiger charge is -2.21. The lowest BCUT2D eigenvalue weighted by Crippen LogP contribution is -2.26. The second kappa shape index (κ2) is 8.66. The van der Waals surface area contributed by atoms with E-state index in [1.807, 2.05) is 12.1 Å². The molecule has 1 atom stereocenters. The fourth-order valence-corrected chi connectivity index (χ4v) is 2.06. The predicted molar refractivity (Wildman–Crippen MR) is 79.0 cm³/mol. The van der Waals surface area contributed by atoms with Gasteiger partial charge in [0.15, 0.2) is 11.5 Å². The minimum Gasteiger partial charge on any atom is -0.493 e. The van der Waals surface area contributed by atoms with Crippen LogP contribution in [0, 0.1) is 0 Å². The van der Waals surface area contributed by atoms with E-state index in [0.29, 0.717) is 23.9 Å². The standard InChI is InChI=1S/C15H25NO4/c1-6-7-16-12(10-17-2)11-8-13(18-3)15(20-5)14(9-11)19-4/h8-9,12,16H,6-7,10H2,1-5H3. The van der Waals surface area contributed by atoms with Crippen molar-refractivity contribution in [3.05, 3.63) is 17.7 Å². The largest absolute Gasteiger partial charge is 0.493 e. The molecule has 20 heavy (non-hydrogen) atoms. The van der Waals surface area contributed by atoms with Gasteiger partial charge in [0.2, 0.25) is 5.75 Å². The quantitative estimate of drug-likeness (QED) is 0.754.